The van der Waals surface area contributed by atoms with Crippen molar-refractivity contribution in [3.63, 3.8) is 0 Å². The molecule has 1 aromatic carbocycles. The third-order valence-electron chi connectivity index (χ3n) is 2.24. The topological polar surface area (TPSA) is 38.9 Å². The number of hydrogen-bond donors (Lipinski definition) is 1. The largest absolute Gasteiger partial charge is 0.330 e. The summed E-state index contributed by atoms with van der Waals surface area (Å²) in [5.41, 5.74) is 7.69. The van der Waals surface area contributed by atoms with Gasteiger partial charge < -0.3 is 5.73 Å². The van der Waals surface area contributed by atoms with Crippen LogP contribution in [0.5, 0.6) is 0 Å². The number of nitrogens with zero attached hydrogens (tertiary/aromatic N) is 1. The molecule has 1 aromatic heterocycles. The number of rotatable bonds is 4. The highest BCUT2D eigenvalue weighted by Crippen LogP contribution is 2.32. The zero-order valence-electron chi connectivity index (χ0n) is 9.44. The summed E-state index contributed by atoms with van der Waals surface area (Å²) < 4.78 is 1.05. The minimum absolute atomic E-state index is 0.623. The van der Waals surface area contributed by atoms with Gasteiger partial charge in [-0.25, -0.2) is 4.98 Å². The molecule has 0 atom stereocenters. The molecule has 90 valence electrons. The molecule has 0 bridgehead atoms. The monoisotopic (exact) mass is 284 g/mol. The minimum atomic E-state index is 0.623. The Labute approximate surface area is 114 Å². The Bertz CT molecular complexity index is 511. The van der Waals surface area contributed by atoms with E-state index in [0.717, 1.165) is 31.9 Å². The van der Waals surface area contributed by atoms with Gasteiger partial charge in [-0.2, -0.15) is 0 Å². The third kappa shape index (κ3) is 3.45. The van der Waals surface area contributed by atoms with Crippen molar-refractivity contribution in [2.24, 2.45) is 5.73 Å². The van der Waals surface area contributed by atoms with Crippen molar-refractivity contribution in [3.8, 4) is 0 Å². The second-order valence-electron chi connectivity index (χ2n) is 3.65. The van der Waals surface area contributed by atoms with Gasteiger partial charge in [-0.05, 0) is 37.6 Å². The lowest BCUT2D eigenvalue weighted by Crippen LogP contribution is -2.02. The lowest BCUT2D eigenvalue weighted by Gasteiger charge is -2.04. The van der Waals surface area contributed by atoms with Crippen molar-refractivity contribution in [3.05, 3.63) is 39.9 Å². The van der Waals surface area contributed by atoms with E-state index in [4.69, 9.17) is 17.3 Å². The molecule has 17 heavy (non-hydrogen) atoms. The van der Waals surface area contributed by atoms with Gasteiger partial charge in [0.2, 0.25) is 0 Å². The highest BCUT2D eigenvalue weighted by Gasteiger charge is 2.05. The molecule has 0 radical (unpaired) electrons. The number of aryl methyl sites for hydroxylation is 1. The third-order valence-corrected chi connectivity index (χ3v) is 4.64. The fourth-order valence-electron chi connectivity index (χ4n) is 1.43. The number of aromatic nitrogens is 1. The number of benzene rings is 1. The van der Waals surface area contributed by atoms with E-state index >= 15 is 0 Å². The van der Waals surface area contributed by atoms with Crippen LogP contribution in [0.4, 0.5) is 0 Å². The molecule has 0 amide bonds. The number of halogens is 1. The highest BCUT2D eigenvalue weighted by molar-refractivity contribution is 8.01. The fraction of sp³-hybridized carbons (Fsp3) is 0.250. The minimum Gasteiger partial charge on any atom is -0.330 e. The first kappa shape index (κ1) is 12.9. The van der Waals surface area contributed by atoms with Gasteiger partial charge in [0.25, 0.3) is 0 Å². The lowest BCUT2D eigenvalue weighted by molar-refractivity contribution is 0.966. The van der Waals surface area contributed by atoms with Gasteiger partial charge >= 0.3 is 0 Å². The van der Waals surface area contributed by atoms with E-state index in [1.165, 1.54) is 0 Å². The van der Waals surface area contributed by atoms with Crippen LogP contribution in [-0.2, 0) is 6.42 Å². The van der Waals surface area contributed by atoms with E-state index < -0.39 is 0 Å². The molecule has 2 nitrogen and oxygen atoms in total. The van der Waals surface area contributed by atoms with Crippen LogP contribution < -0.4 is 5.73 Å². The predicted octanol–water partition coefficient (Wildman–Crippen LogP) is 3.76. The average Bonchev–Trinajstić information content (AvgIpc) is 2.68. The van der Waals surface area contributed by atoms with Crippen molar-refractivity contribution < 1.29 is 0 Å². The van der Waals surface area contributed by atoms with Crippen LogP contribution in [-0.4, -0.2) is 11.5 Å². The molecule has 5 heteroatoms. The highest BCUT2D eigenvalue weighted by atomic mass is 35.5. The van der Waals surface area contributed by atoms with E-state index in [-0.39, 0.29) is 0 Å². The summed E-state index contributed by atoms with van der Waals surface area (Å²) in [5, 5.41) is 2.83. The van der Waals surface area contributed by atoms with Gasteiger partial charge in [-0.15, -0.1) is 11.3 Å². The normalized spacial score (nSPS) is 10.8. The Hall–Kier alpha value is -0.550. The summed E-state index contributed by atoms with van der Waals surface area (Å²) in [4.78, 5) is 5.53. The van der Waals surface area contributed by atoms with E-state index in [9.17, 15) is 0 Å². The van der Waals surface area contributed by atoms with Crippen LogP contribution in [0.1, 0.15) is 11.3 Å². The summed E-state index contributed by atoms with van der Waals surface area (Å²) in [6.07, 6.45) is 0.820. The smallest absolute Gasteiger partial charge is 0.154 e. The van der Waals surface area contributed by atoms with Crippen LogP contribution >= 0.6 is 34.7 Å². The molecule has 0 unspecified atom stereocenters. The molecule has 0 aliphatic heterocycles. The molecule has 1 heterocycles. The van der Waals surface area contributed by atoms with Gasteiger partial charge in [0.1, 0.15) is 0 Å². The lowest BCUT2D eigenvalue weighted by atomic mass is 10.1. The van der Waals surface area contributed by atoms with Crippen molar-refractivity contribution >= 4 is 34.7 Å². The Morgan fingerprint density at radius 2 is 2.29 bits per heavy atom. The molecule has 2 N–H and O–H groups in total. The first-order valence-corrected chi connectivity index (χ1v) is 7.35. The number of nitrogens with two attached hydrogens (primary N) is 1. The Kier molecular flexibility index (Phi) is 4.45. The Balaban J connectivity index is 2.14. The van der Waals surface area contributed by atoms with E-state index in [1.54, 1.807) is 23.1 Å². The maximum Gasteiger partial charge on any atom is 0.154 e. The fourth-order valence-corrected chi connectivity index (χ4v) is 3.62. The summed E-state index contributed by atoms with van der Waals surface area (Å²) in [6.45, 7) is 2.62. The van der Waals surface area contributed by atoms with Gasteiger partial charge in [-0.1, -0.05) is 29.4 Å². The molecule has 0 aliphatic rings. The molecule has 0 saturated carbocycles. The zero-order valence-corrected chi connectivity index (χ0v) is 11.8. The molecule has 0 spiro atoms. The molecule has 0 fully saturated rings. The van der Waals surface area contributed by atoms with E-state index in [2.05, 4.69) is 11.1 Å². The average molecular weight is 285 g/mol. The van der Waals surface area contributed by atoms with Gasteiger partial charge in [0.15, 0.2) is 4.34 Å². The standard InChI is InChI=1S/C12H13ClN2S2/c1-8-7-16-12(15-8)17-10-3-2-9(4-5-14)11(13)6-10/h2-3,6-7H,4-5,14H2,1H3. The predicted molar refractivity (Wildman–Crippen MR) is 75.2 cm³/mol. The molecule has 0 saturated heterocycles. The van der Waals surface area contributed by atoms with Crippen LogP contribution in [0.2, 0.25) is 5.02 Å². The SMILES string of the molecule is Cc1csc(Sc2ccc(CCN)c(Cl)c2)n1. The first-order chi connectivity index (χ1) is 8.19. The number of hydrogen-bond acceptors (Lipinski definition) is 4. The molecular weight excluding hydrogens is 272 g/mol. The maximum absolute atomic E-state index is 6.19. The van der Waals surface area contributed by atoms with Crippen molar-refractivity contribution in [2.45, 2.75) is 22.6 Å². The molecule has 0 aliphatic carbocycles. The van der Waals surface area contributed by atoms with Crippen LogP contribution in [0.15, 0.2) is 32.8 Å². The van der Waals surface area contributed by atoms with Crippen LogP contribution in [0.25, 0.3) is 0 Å². The van der Waals surface area contributed by atoms with Crippen molar-refractivity contribution in [1.29, 1.82) is 0 Å². The van der Waals surface area contributed by atoms with Gasteiger partial charge in [0, 0.05) is 21.0 Å². The van der Waals surface area contributed by atoms with Crippen LogP contribution in [0.3, 0.4) is 0 Å². The quantitative estimate of drug-likeness (QED) is 0.929. The summed E-state index contributed by atoms with van der Waals surface area (Å²) in [7, 11) is 0. The Morgan fingerprint density at radius 1 is 1.47 bits per heavy atom. The van der Waals surface area contributed by atoms with Crippen molar-refractivity contribution in [1.82, 2.24) is 4.98 Å². The first-order valence-electron chi connectivity index (χ1n) is 5.27. The van der Waals surface area contributed by atoms with Gasteiger partial charge in [-0.3, -0.25) is 0 Å². The second-order valence-corrected chi connectivity index (χ2v) is 6.23. The number of thiazole rings is 1. The summed E-state index contributed by atoms with van der Waals surface area (Å²) in [6, 6.07) is 6.09. The van der Waals surface area contributed by atoms with E-state index in [1.807, 2.05) is 24.4 Å². The molecule has 2 rings (SSSR count). The zero-order chi connectivity index (χ0) is 12.3. The van der Waals surface area contributed by atoms with E-state index in [0.29, 0.717) is 6.54 Å². The molecular formula is C12H13ClN2S2. The van der Waals surface area contributed by atoms with Crippen LogP contribution in [0, 0.1) is 6.92 Å². The second kappa shape index (κ2) is 5.87. The summed E-state index contributed by atoms with van der Waals surface area (Å²) >= 11 is 9.49. The van der Waals surface area contributed by atoms with Gasteiger partial charge in [0.05, 0.1) is 0 Å². The molecule has 2 aromatic rings. The Morgan fingerprint density at radius 3 is 2.88 bits per heavy atom. The summed E-state index contributed by atoms with van der Waals surface area (Å²) in [5.74, 6) is 0. The maximum atomic E-state index is 6.19. The van der Waals surface area contributed by atoms with Crippen molar-refractivity contribution in [2.75, 3.05) is 6.54 Å².